The van der Waals surface area contributed by atoms with Crippen molar-refractivity contribution in [2.24, 2.45) is 0 Å². The van der Waals surface area contributed by atoms with Crippen LogP contribution in [0.25, 0.3) is 0 Å². The van der Waals surface area contributed by atoms with Gasteiger partial charge in [-0.15, -0.1) is 0 Å². The van der Waals surface area contributed by atoms with E-state index in [1.807, 2.05) is 0 Å². The number of anilines is 1. The van der Waals surface area contributed by atoms with Crippen molar-refractivity contribution in [2.45, 2.75) is 38.3 Å². The van der Waals surface area contributed by atoms with Gasteiger partial charge in [0, 0.05) is 38.7 Å². The predicted octanol–water partition coefficient (Wildman–Crippen LogP) is 1.67. The standard InChI is InChI=1S/C17H21F2N3O2/c1-11(23)22-7-2-3-16(22)17(24)20-13-6-8-21(10-13)15-5-4-12(18)9-14(15)19/h4-5,9,13,16H,2-3,6-8,10H2,1H3,(H,20,24). The van der Waals surface area contributed by atoms with Crippen molar-refractivity contribution in [1.82, 2.24) is 10.2 Å². The van der Waals surface area contributed by atoms with Crippen LogP contribution in [-0.4, -0.2) is 48.4 Å². The Morgan fingerprint density at radius 2 is 2.00 bits per heavy atom. The summed E-state index contributed by atoms with van der Waals surface area (Å²) in [4.78, 5) is 27.4. The number of benzene rings is 1. The molecule has 5 nitrogen and oxygen atoms in total. The molecule has 2 unspecified atom stereocenters. The Morgan fingerprint density at radius 3 is 2.71 bits per heavy atom. The van der Waals surface area contributed by atoms with Crippen LogP contribution in [0.15, 0.2) is 18.2 Å². The van der Waals surface area contributed by atoms with Crippen molar-refractivity contribution >= 4 is 17.5 Å². The van der Waals surface area contributed by atoms with Crippen molar-refractivity contribution < 1.29 is 18.4 Å². The molecular weight excluding hydrogens is 316 g/mol. The Hall–Kier alpha value is -2.18. The quantitative estimate of drug-likeness (QED) is 0.913. The molecule has 2 fully saturated rings. The van der Waals surface area contributed by atoms with Crippen LogP contribution in [0, 0.1) is 11.6 Å². The van der Waals surface area contributed by atoms with Gasteiger partial charge < -0.3 is 15.1 Å². The average Bonchev–Trinajstić information content (AvgIpc) is 3.16. The summed E-state index contributed by atoms with van der Waals surface area (Å²) in [5.41, 5.74) is 0.347. The van der Waals surface area contributed by atoms with Gasteiger partial charge in [-0.3, -0.25) is 9.59 Å². The van der Waals surface area contributed by atoms with Gasteiger partial charge in [0.25, 0.3) is 0 Å². The molecule has 130 valence electrons. The molecule has 2 amide bonds. The van der Waals surface area contributed by atoms with Crippen LogP contribution < -0.4 is 10.2 Å². The Morgan fingerprint density at radius 1 is 1.21 bits per heavy atom. The Labute approximate surface area is 139 Å². The van der Waals surface area contributed by atoms with Gasteiger partial charge in [-0.25, -0.2) is 8.78 Å². The SMILES string of the molecule is CC(=O)N1CCCC1C(=O)NC1CCN(c2ccc(F)cc2F)C1. The van der Waals surface area contributed by atoms with Crippen LogP contribution in [0.3, 0.4) is 0 Å². The lowest BCUT2D eigenvalue weighted by Gasteiger charge is -2.24. The van der Waals surface area contributed by atoms with Crippen LogP contribution in [0.1, 0.15) is 26.2 Å². The third-order valence-electron chi connectivity index (χ3n) is 4.74. The normalized spacial score (nSPS) is 23.6. The molecule has 0 saturated carbocycles. The number of hydrogen-bond acceptors (Lipinski definition) is 3. The van der Waals surface area contributed by atoms with Gasteiger partial charge in [0.15, 0.2) is 0 Å². The maximum absolute atomic E-state index is 13.9. The van der Waals surface area contributed by atoms with Gasteiger partial charge in [-0.1, -0.05) is 0 Å². The third-order valence-corrected chi connectivity index (χ3v) is 4.74. The first-order valence-electron chi connectivity index (χ1n) is 8.23. The molecule has 2 atom stereocenters. The number of halogens is 2. The number of rotatable bonds is 3. The highest BCUT2D eigenvalue weighted by atomic mass is 19.1. The molecule has 1 aromatic carbocycles. The van der Waals surface area contributed by atoms with Crippen LogP contribution in [0.5, 0.6) is 0 Å². The Kier molecular flexibility index (Phi) is 4.69. The molecule has 2 saturated heterocycles. The van der Waals surface area contributed by atoms with E-state index >= 15 is 0 Å². The van der Waals surface area contributed by atoms with Crippen LogP contribution in [0.2, 0.25) is 0 Å². The van der Waals surface area contributed by atoms with E-state index in [2.05, 4.69) is 5.32 Å². The molecule has 2 aliphatic rings. The smallest absolute Gasteiger partial charge is 0.243 e. The minimum atomic E-state index is -0.606. The zero-order valence-electron chi connectivity index (χ0n) is 13.6. The lowest BCUT2D eigenvalue weighted by atomic mass is 10.1. The van der Waals surface area contributed by atoms with Gasteiger partial charge >= 0.3 is 0 Å². The molecule has 2 aliphatic heterocycles. The molecule has 0 radical (unpaired) electrons. The highest BCUT2D eigenvalue weighted by molar-refractivity contribution is 5.87. The van der Waals surface area contributed by atoms with Crippen LogP contribution in [-0.2, 0) is 9.59 Å². The van der Waals surface area contributed by atoms with Crippen LogP contribution in [0.4, 0.5) is 14.5 Å². The largest absolute Gasteiger partial charge is 0.367 e. The Bertz CT molecular complexity index is 653. The molecule has 7 heteroatoms. The number of nitrogens with one attached hydrogen (secondary N) is 1. The van der Waals surface area contributed by atoms with E-state index in [1.54, 1.807) is 9.80 Å². The van der Waals surface area contributed by atoms with Gasteiger partial charge in [-0.2, -0.15) is 0 Å². The fourth-order valence-corrected chi connectivity index (χ4v) is 3.55. The van der Waals surface area contributed by atoms with E-state index in [4.69, 9.17) is 0 Å². The van der Waals surface area contributed by atoms with Crippen LogP contribution >= 0.6 is 0 Å². The second-order valence-corrected chi connectivity index (χ2v) is 6.41. The first kappa shape index (κ1) is 16.7. The highest BCUT2D eigenvalue weighted by Gasteiger charge is 2.34. The number of carbonyl (C=O) groups is 2. The molecule has 0 bridgehead atoms. The van der Waals surface area contributed by atoms with E-state index in [9.17, 15) is 18.4 Å². The monoisotopic (exact) mass is 337 g/mol. The maximum Gasteiger partial charge on any atom is 0.243 e. The zero-order valence-corrected chi connectivity index (χ0v) is 13.6. The van der Waals surface area contributed by atoms with E-state index in [0.29, 0.717) is 38.2 Å². The summed E-state index contributed by atoms with van der Waals surface area (Å²) in [5, 5.41) is 2.97. The summed E-state index contributed by atoms with van der Waals surface area (Å²) in [6.07, 6.45) is 2.19. The number of amides is 2. The van der Waals surface area contributed by atoms with E-state index in [1.165, 1.54) is 19.1 Å². The molecule has 0 aliphatic carbocycles. The Balaban J connectivity index is 1.60. The second-order valence-electron chi connectivity index (χ2n) is 6.41. The van der Waals surface area contributed by atoms with Gasteiger partial charge in [0.05, 0.1) is 5.69 Å². The summed E-state index contributed by atoms with van der Waals surface area (Å²) in [6, 6.07) is 3.01. The maximum atomic E-state index is 13.9. The number of carbonyl (C=O) groups excluding carboxylic acids is 2. The summed E-state index contributed by atoms with van der Waals surface area (Å²) in [5.74, 6) is -1.44. The lowest BCUT2D eigenvalue weighted by Crippen LogP contribution is -2.49. The molecule has 3 rings (SSSR count). The summed E-state index contributed by atoms with van der Waals surface area (Å²) in [7, 11) is 0. The van der Waals surface area contributed by atoms with Crippen molar-refractivity contribution in [3.63, 3.8) is 0 Å². The number of nitrogens with zero attached hydrogens (tertiary/aromatic N) is 2. The molecular formula is C17H21F2N3O2. The van der Waals surface area contributed by atoms with E-state index in [0.717, 1.165) is 12.5 Å². The predicted molar refractivity (Wildman–Crippen MR) is 85.5 cm³/mol. The second kappa shape index (κ2) is 6.75. The summed E-state index contributed by atoms with van der Waals surface area (Å²) in [6.45, 7) is 3.15. The topological polar surface area (TPSA) is 52.7 Å². The molecule has 1 aromatic rings. The van der Waals surface area contributed by atoms with E-state index in [-0.39, 0.29) is 17.9 Å². The van der Waals surface area contributed by atoms with Gasteiger partial charge in [0.2, 0.25) is 11.8 Å². The number of likely N-dealkylation sites (tertiary alicyclic amines) is 1. The molecule has 0 spiro atoms. The first-order chi connectivity index (χ1) is 11.5. The molecule has 24 heavy (non-hydrogen) atoms. The first-order valence-corrected chi connectivity index (χ1v) is 8.23. The molecule has 0 aromatic heterocycles. The lowest BCUT2D eigenvalue weighted by molar-refractivity contribution is -0.137. The molecule has 2 heterocycles. The highest BCUT2D eigenvalue weighted by Crippen LogP contribution is 2.25. The molecule has 1 N–H and O–H groups in total. The van der Waals surface area contributed by atoms with E-state index < -0.39 is 17.7 Å². The van der Waals surface area contributed by atoms with Crippen molar-refractivity contribution in [2.75, 3.05) is 24.5 Å². The zero-order chi connectivity index (χ0) is 17.3. The average molecular weight is 337 g/mol. The fourth-order valence-electron chi connectivity index (χ4n) is 3.55. The van der Waals surface area contributed by atoms with Gasteiger partial charge in [-0.05, 0) is 31.4 Å². The summed E-state index contributed by atoms with van der Waals surface area (Å²) >= 11 is 0. The fraction of sp³-hybridized carbons (Fsp3) is 0.529. The minimum absolute atomic E-state index is 0.0888. The van der Waals surface area contributed by atoms with Crippen molar-refractivity contribution in [3.05, 3.63) is 29.8 Å². The van der Waals surface area contributed by atoms with Crippen molar-refractivity contribution in [3.8, 4) is 0 Å². The van der Waals surface area contributed by atoms with Gasteiger partial charge in [0.1, 0.15) is 17.7 Å². The number of hydrogen-bond donors (Lipinski definition) is 1. The third kappa shape index (κ3) is 3.34. The summed E-state index contributed by atoms with van der Waals surface area (Å²) < 4.78 is 26.9. The minimum Gasteiger partial charge on any atom is -0.367 e. The van der Waals surface area contributed by atoms with Crippen molar-refractivity contribution in [1.29, 1.82) is 0 Å².